The van der Waals surface area contributed by atoms with Crippen molar-refractivity contribution in [3.8, 4) is 0 Å². The highest BCUT2D eigenvalue weighted by molar-refractivity contribution is 5.35. The molecule has 2 aromatic rings. The molecule has 84 valence electrons. The maximum atomic E-state index is 5.56. The summed E-state index contributed by atoms with van der Waals surface area (Å²) < 4.78 is 1.78. The van der Waals surface area contributed by atoms with Gasteiger partial charge in [-0.05, 0) is 18.6 Å². The molecule has 0 aliphatic carbocycles. The van der Waals surface area contributed by atoms with E-state index in [-0.39, 0.29) is 0 Å². The first-order valence-electron chi connectivity index (χ1n) is 5.05. The third kappa shape index (κ3) is 2.69. The molecule has 2 rings (SSSR count). The Morgan fingerprint density at radius 3 is 3.00 bits per heavy atom. The first-order chi connectivity index (χ1) is 7.74. The van der Waals surface area contributed by atoms with E-state index in [1.165, 1.54) is 0 Å². The number of rotatable bonds is 4. The van der Waals surface area contributed by atoms with E-state index < -0.39 is 0 Å². The first-order valence-corrected chi connectivity index (χ1v) is 5.05. The van der Waals surface area contributed by atoms with Crippen LogP contribution in [0.15, 0.2) is 24.7 Å². The lowest BCUT2D eigenvalue weighted by atomic mass is 10.3. The van der Waals surface area contributed by atoms with Gasteiger partial charge in [-0.25, -0.2) is 0 Å². The van der Waals surface area contributed by atoms with E-state index in [0.29, 0.717) is 5.69 Å². The van der Waals surface area contributed by atoms with Crippen molar-refractivity contribution in [3.63, 3.8) is 0 Å². The van der Waals surface area contributed by atoms with Gasteiger partial charge in [0.05, 0.1) is 24.6 Å². The van der Waals surface area contributed by atoms with Crippen LogP contribution in [-0.4, -0.2) is 26.5 Å². The van der Waals surface area contributed by atoms with Crippen molar-refractivity contribution < 1.29 is 0 Å². The normalized spacial score (nSPS) is 10.3. The van der Waals surface area contributed by atoms with Crippen LogP contribution in [0.2, 0.25) is 0 Å². The molecule has 0 amide bonds. The van der Waals surface area contributed by atoms with Crippen LogP contribution in [0, 0.1) is 6.92 Å². The van der Waals surface area contributed by atoms with Crippen molar-refractivity contribution >= 4 is 11.5 Å². The molecule has 0 atom stereocenters. The van der Waals surface area contributed by atoms with Crippen LogP contribution in [-0.2, 0) is 6.54 Å². The van der Waals surface area contributed by atoms with Gasteiger partial charge in [0.15, 0.2) is 0 Å². The molecule has 6 nitrogen and oxygen atoms in total. The number of hydrogen-bond acceptors (Lipinski definition) is 5. The largest absolute Gasteiger partial charge is 0.396 e. The Labute approximate surface area is 93.5 Å². The molecule has 2 heterocycles. The Balaban J connectivity index is 1.84. The first kappa shape index (κ1) is 10.4. The fraction of sp³-hybridized carbons (Fsp3) is 0.300. The number of nitrogens with two attached hydrogens (primary N) is 1. The van der Waals surface area contributed by atoms with Crippen molar-refractivity contribution in [1.29, 1.82) is 0 Å². The number of anilines is 2. The van der Waals surface area contributed by atoms with Gasteiger partial charge in [-0.2, -0.15) is 10.2 Å². The highest BCUT2D eigenvalue weighted by Crippen LogP contribution is 2.03. The van der Waals surface area contributed by atoms with Crippen LogP contribution >= 0.6 is 0 Å². The molecule has 6 heteroatoms. The molecule has 2 aromatic heterocycles. The molecular weight excluding hydrogens is 204 g/mol. The van der Waals surface area contributed by atoms with Gasteiger partial charge >= 0.3 is 0 Å². The summed E-state index contributed by atoms with van der Waals surface area (Å²) >= 11 is 0. The van der Waals surface area contributed by atoms with Gasteiger partial charge in [-0.1, -0.05) is 0 Å². The maximum Gasteiger partial charge on any atom is 0.148 e. The number of nitrogens with one attached hydrogen (secondary N) is 1. The standard InChI is InChI=1S/C10H14N6/c1-8-4-10(15-13-5-8)12-2-3-16-7-9(11)6-14-16/h4-7H,2-3,11H2,1H3,(H,12,15). The summed E-state index contributed by atoms with van der Waals surface area (Å²) in [6.07, 6.45) is 5.15. The second-order valence-corrected chi connectivity index (χ2v) is 3.58. The third-order valence-electron chi connectivity index (χ3n) is 2.09. The SMILES string of the molecule is Cc1cnnc(NCCn2cc(N)cn2)c1. The molecule has 0 radical (unpaired) electrons. The lowest BCUT2D eigenvalue weighted by molar-refractivity contribution is 0.636. The summed E-state index contributed by atoms with van der Waals surface area (Å²) in [5.74, 6) is 0.778. The summed E-state index contributed by atoms with van der Waals surface area (Å²) in [4.78, 5) is 0. The average molecular weight is 218 g/mol. The third-order valence-corrected chi connectivity index (χ3v) is 2.09. The predicted molar refractivity (Wildman–Crippen MR) is 61.9 cm³/mol. The molecule has 0 aliphatic rings. The van der Waals surface area contributed by atoms with Crippen LogP contribution in [0.3, 0.4) is 0 Å². The molecule has 0 aliphatic heterocycles. The monoisotopic (exact) mass is 218 g/mol. The fourth-order valence-electron chi connectivity index (χ4n) is 1.35. The Bertz CT molecular complexity index is 464. The lowest BCUT2D eigenvalue weighted by Gasteiger charge is -2.05. The zero-order valence-corrected chi connectivity index (χ0v) is 9.09. The minimum Gasteiger partial charge on any atom is -0.396 e. The minimum absolute atomic E-state index is 0.676. The maximum absolute atomic E-state index is 5.56. The topological polar surface area (TPSA) is 81.7 Å². The quantitative estimate of drug-likeness (QED) is 0.788. The van der Waals surface area contributed by atoms with E-state index in [9.17, 15) is 0 Å². The number of nitrogen functional groups attached to an aromatic ring is 1. The van der Waals surface area contributed by atoms with Crippen molar-refractivity contribution in [3.05, 3.63) is 30.2 Å². The molecule has 0 unspecified atom stereocenters. The number of aryl methyl sites for hydroxylation is 1. The Morgan fingerprint density at radius 2 is 2.31 bits per heavy atom. The van der Waals surface area contributed by atoms with Crippen LogP contribution in [0.4, 0.5) is 11.5 Å². The molecule has 0 fully saturated rings. The van der Waals surface area contributed by atoms with E-state index in [1.54, 1.807) is 23.3 Å². The minimum atomic E-state index is 0.676. The van der Waals surface area contributed by atoms with Gasteiger partial charge in [-0.15, -0.1) is 5.10 Å². The predicted octanol–water partition coefficient (Wildman–Crippen LogP) is 0.676. The Hall–Kier alpha value is -2.11. The highest BCUT2D eigenvalue weighted by Gasteiger charge is 1.96. The smallest absolute Gasteiger partial charge is 0.148 e. The van der Waals surface area contributed by atoms with Crippen LogP contribution in [0.25, 0.3) is 0 Å². The van der Waals surface area contributed by atoms with E-state index in [2.05, 4.69) is 20.6 Å². The van der Waals surface area contributed by atoms with Crippen molar-refractivity contribution in [2.24, 2.45) is 0 Å². The molecule has 16 heavy (non-hydrogen) atoms. The average Bonchev–Trinajstić information content (AvgIpc) is 2.64. The van der Waals surface area contributed by atoms with E-state index in [1.807, 2.05) is 13.0 Å². The molecule has 0 spiro atoms. The van der Waals surface area contributed by atoms with Crippen LogP contribution in [0.5, 0.6) is 0 Å². The summed E-state index contributed by atoms with van der Waals surface area (Å²) in [7, 11) is 0. The van der Waals surface area contributed by atoms with Crippen LogP contribution < -0.4 is 11.1 Å². The zero-order chi connectivity index (χ0) is 11.4. The van der Waals surface area contributed by atoms with Gasteiger partial charge in [-0.3, -0.25) is 4.68 Å². The molecule has 0 saturated heterocycles. The summed E-state index contributed by atoms with van der Waals surface area (Å²) in [5, 5.41) is 15.1. The number of aromatic nitrogens is 4. The van der Waals surface area contributed by atoms with Gasteiger partial charge in [0.1, 0.15) is 5.82 Å². The number of hydrogen-bond donors (Lipinski definition) is 2. The lowest BCUT2D eigenvalue weighted by Crippen LogP contribution is -2.12. The van der Waals surface area contributed by atoms with Crippen LogP contribution in [0.1, 0.15) is 5.56 Å². The molecule has 0 aromatic carbocycles. The highest BCUT2D eigenvalue weighted by atomic mass is 15.3. The number of nitrogens with zero attached hydrogens (tertiary/aromatic N) is 4. The Kier molecular flexibility index (Phi) is 3.00. The molecule has 3 N–H and O–H groups in total. The zero-order valence-electron chi connectivity index (χ0n) is 9.09. The van der Waals surface area contributed by atoms with Gasteiger partial charge < -0.3 is 11.1 Å². The Morgan fingerprint density at radius 1 is 1.44 bits per heavy atom. The summed E-state index contributed by atoms with van der Waals surface area (Å²) in [6.45, 7) is 3.46. The van der Waals surface area contributed by atoms with Gasteiger partial charge in [0, 0.05) is 12.7 Å². The molecule has 0 saturated carbocycles. The second-order valence-electron chi connectivity index (χ2n) is 3.58. The summed E-state index contributed by atoms with van der Waals surface area (Å²) in [6, 6.07) is 1.95. The van der Waals surface area contributed by atoms with Gasteiger partial charge in [0.2, 0.25) is 0 Å². The van der Waals surface area contributed by atoms with Crippen molar-refractivity contribution in [1.82, 2.24) is 20.0 Å². The van der Waals surface area contributed by atoms with E-state index in [4.69, 9.17) is 5.73 Å². The van der Waals surface area contributed by atoms with Crippen molar-refractivity contribution in [2.75, 3.05) is 17.6 Å². The van der Waals surface area contributed by atoms with E-state index >= 15 is 0 Å². The molecular formula is C10H14N6. The van der Waals surface area contributed by atoms with Gasteiger partial charge in [0.25, 0.3) is 0 Å². The summed E-state index contributed by atoms with van der Waals surface area (Å²) in [5.41, 5.74) is 7.32. The molecule has 0 bridgehead atoms. The van der Waals surface area contributed by atoms with E-state index in [0.717, 1.165) is 24.5 Å². The second kappa shape index (κ2) is 4.61. The fourth-order valence-corrected chi connectivity index (χ4v) is 1.35. The van der Waals surface area contributed by atoms with Crippen molar-refractivity contribution in [2.45, 2.75) is 13.5 Å².